The number of carbonyl (C=O) groups is 3. The first-order chi connectivity index (χ1) is 40.0. The van der Waals surface area contributed by atoms with Gasteiger partial charge in [0, 0.05) is 19.3 Å². The molecule has 0 heterocycles. The Bertz CT molecular complexity index is 1490. The van der Waals surface area contributed by atoms with E-state index in [1.54, 1.807) is 0 Å². The molecule has 6 nitrogen and oxygen atoms in total. The molecule has 470 valence electrons. The zero-order chi connectivity index (χ0) is 58.5. The van der Waals surface area contributed by atoms with E-state index < -0.39 is 6.10 Å². The normalized spacial score (nSPS) is 12.5. The molecule has 6 heteroatoms. The highest BCUT2D eigenvalue weighted by molar-refractivity contribution is 5.71. The molecule has 0 bridgehead atoms. The highest BCUT2D eigenvalue weighted by Crippen LogP contribution is 2.18. The number of ether oxygens (including phenoxy) is 3. The van der Waals surface area contributed by atoms with Crippen LogP contribution in [-0.4, -0.2) is 37.2 Å². The highest BCUT2D eigenvalue weighted by Gasteiger charge is 2.19. The van der Waals surface area contributed by atoms with Gasteiger partial charge in [-0.1, -0.05) is 351 Å². The molecule has 0 aliphatic carbocycles. The third-order valence-electron chi connectivity index (χ3n) is 15.7. The molecule has 1 atom stereocenters. The Morgan fingerprint density at radius 1 is 0.259 bits per heavy atom. The van der Waals surface area contributed by atoms with Crippen LogP contribution in [0.1, 0.15) is 367 Å². The van der Waals surface area contributed by atoms with E-state index in [1.165, 1.54) is 231 Å². The SMILES string of the molecule is CC/C=C\C/C=C\C/C=C\C/C=C\C/C=C\C/C=C\CCCCCCCCCCCCCCCCC(=O)OCC(COC(=O)CCCCCCCCCC)OC(=O)CCCCCCCCCCCCCCCCCCCCCCCC. The molecule has 0 aromatic rings. The van der Waals surface area contributed by atoms with Gasteiger partial charge < -0.3 is 14.2 Å². The molecular formula is C75H134O6. The summed E-state index contributed by atoms with van der Waals surface area (Å²) in [5.41, 5.74) is 0. The van der Waals surface area contributed by atoms with E-state index in [9.17, 15) is 14.4 Å². The summed E-state index contributed by atoms with van der Waals surface area (Å²) in [6, 6.07) is 0. The molecule has 0 aromatic heterocycles. The van der Waals surface area contributed by atoms with Crippen molar-refractivity contribution in [1.29, 1.82) is 0 Å². The number of hydrogen-bond acceptors (Lipinski definition) is 6. The molecule has 0 fully saturated rings. The van der Waals surface area contributed by atoms with Gasteiger partial charge in [-0.2, -0.15) is 0 Å². The summed E-state index contributed by atoms with van der Waals surface area (Å²) >= 11 is 0. The molecule has 0 saturated carbocycles. The van der Waals surface area contributed by atoms with Gasteiger partial charge in [0.25, 0.3) is 0 Å². The van der Waals surface area contributed by atoms with Gasteiger partial charge in [-0.15, -0.1) is 0 Å². The van der Waals surface area contributed by atoms with Crippen LogP contribution in [0, 0.1) is 0 Å². The van der Waals surface area contributed by atoms with Crippen LogP contribution in [-0.2, 0) is 28.6 Å². The van der Waals surface area contributed by atoms with Gasteiger partial charge in [-0.3, -0.25) is 14.4 Å². The van der Waals surface area contributed by atoms with Gasteiger partial charge in [0.15, 0.2) is 6.10 Å². The maximum Gasteiger partial charge on any atom is 0.306 e. The monoisotopic (exact) mass is 1130 g/mol. The fraction of sp³-hybridized carbons (Fsp3) is 0.800. The topological polar surface area (TPSA) is 78.9 Å². The molecule has 0 aliphatic rings. The summed E-state index contributed by atoms with van der Waals surface area (Å²) in [6.07, 6.45) is 91.0. The van der Waals surface area contributed by atoms with Crippen LogP contribution in [0.4, 0.5) is 0 Å². The molecule has 0 N–H and O–H groups in total. The van der Waals surface area contributed by atoms with E-state index >= 15 is 0 Å². The van der Waals surface area contributed by atoms with Crippen LogP contribution in [0.15, 0.2) is 72.9 Å². The third-order valence-corrected chi connectivity index (χ3v) is 15.7. The van der Waals surface area contributed by atoms with Gasteiger partial charge in [-0.25, -0.2) is 0 Å². The molecule has 0 saturated heterocycles. The summed E-state index contributed by atoms with van der Waals surface area (Å²) in [7, 11) is 0. The van der Waals surface area contributed by atoms with Crippen molar-refractivity contribution in [1.82, 2.24) is 0 Å². The number of esters is 3. The van der Waals surface area contributed by atoms with E-state index in [2.05, 4.69) is 93.7 Å². The first-order valence-electron chi connectivity index (χ1n) is 35.4. The van der Waals surface area contributed by atoms with Gasteiger partial charge in [0.1, 0.15) is 13.2 Å². The smallest absolute Gasteiger partial charge is 0.306 e. The van der Waals surface area contributed by atoms with Gasteiger partial charge in [0.05, 0.1) is 0 Å². The van der Waals surface area contributed by atoms with Gasteiger partial charge in [-0.05, 0) is 70.6 Å². The van der Waals surface area contributed by atoms with Crippen LogP contribution >= 0.6 is 0 Å². The molecule has 0 radical (unpaired) electrons. The average molecular weight is 1130 g/mol. The Hall–Kier alpha value is -3.15. The molecule has 0 spiro atoms. The summed E-state index contributed by atoms with van der Waals surface area (Å²) in [4.78, 5) is 38.2. The number of hydrogen-bond donors (Lipinski definition) is 0. The molecule has 0 aromatic carbocycles. The van der Waals surface area contributed by atoms with Crippen molar-refractivity contribution >= 4 is 17.9 Å². The van der Waals surface area contributed by atoms with Crippen LogP contribution < -0.4 is 0 Å². The van der Waals surface area contributed by atoms with Crippen molar-refractivity contribution < 1.29 is 28.6 Å². The molecule has 0 amide bonds. The lowest BCUT2D eigenvalue weighted by Crippen LogP contribution is -2.30. The van der Waals surface area contributed by atoms with Crippen molar-refractivity contribution in [3.8, 4) is 0 Å². The minimum Gasteiger partial charge on any atom is -0.462 e. The summed E-state index contributed by atoms with van der Waals surface area (Å²) in [6.45, 7) is 6.55. The zero-order valence-electron chi connectivity index (χ0n) is 54.1. The third kappa shape index (κ3) is 67.5. The lowest BCUT2D eigenvalue weighted by atomic mass is 10.0. The van der Waals surface area contributed by atoms with Crippen molar-refractivity contribution in [3.05, 3.63) is 72.9 Å². The van der Waals surface area contributed by atoms with Gasteiger partial charge in [0.2, 0.25) is 0 Å². The zero-order valence-corrected chi connectivity index (χ0v) is 54.1. The lowest BCUT2D eigenvalue weighted by Gasteiger charge is -2.18. The first kappa shape index (κ1) is 77.9. The van der Waals surface area contributed by atoms with Crippen LogP contribution in [0.25, 0.3) is 0 Å². The van der Waals surface area contributed by atoms with Crippen LogP contribution in [0.3, 0.4) is 0 Å². The van der Waals surface area contributed by atoms with E-state index in [0.717, 1.165) is 96.3 Å². The van der Waals surface area contributed by atoms with E-state index in [-0.39, 0.29) is 31.1 Å². The minimum atomic E-state index is -0.770. The summed E-state index contributed by atoms with van der Waals surface area (Å²) in [5.74, 6) is -0.851. The van der Waals surface area contributed by atoms with Crippen LogP contribution in [0.2, 0.25) is 0 Å². The fourth-order valence-electron chi connectivity index (χ4n) is 10.5. The maximum atomic E-state index is 12.9. The Balaban J connectivity index is 4.06. The molecule has 81 heavy (non-hydrogen) atoms. The van der Waals surface area contributed by atoms with Gasteiger partial charge >= 0.3 is 17.9 Å². The fourth-order valence-corrected chi connectivity index (χ4v) is 10.5. The Morgan fingerprint density at radius 3 is 0.753 bits per heavy atom. The quantitative estimate of drug-likeness (QED) is 0.0261. The predicted molar refractivity (Wildman–Crippen MR) is 353 cm³/mol. The number of carbonyl (C=O) groups excluding carboxylic acids is 3. The summed E-state index contributed by atoms with van der Waals surface area (Å²) < 4.78 is 16.9. The standard InChI is InChI=1S/C75H134O6/c1-4-7-10-13-16-19-21-23-25-27-29-31-33-34-35-36-37-38-39-40-41-42-43-45-46-48-50-52-54-56-59-62-65-68-74(77)80-71-72(70-79-73(76)67-64-61-58-18-15-12-9-6-3)81-75(78)69-66-63-60-57-55-53-51-49-47-44-32-30-28-26-24-22-20-17-14-11-8-5-2/h7,10,16,19,23,25,29,31,34-35,37-38,72H,4-6,8-9,11-15,17-18,20-22,24,26-28,30,32-33,36,39-71H2,1-3H3/b10-7-,19-16-,25-23-,31-29-,35-34-,38-37-. The van der Waals surface area contributed by atoms with Crippen molar-refractivity contribution in [2.24, 2.45) is 0 Å². The molecule has 0 aliphatic heterocycles. The highest BCUT2D eigenvalue weighted by atomic mass is 16.6. The number of unbranched alkanes of at least 4 members (excludes halogenated alkanes) is 42. The largest absolute Gasteiger partial charge is 0.462 e. The molecule has 0 rings (SSSR count). The minimum absolute atomic E-state index is 0.0689. The Labute approximate surface area is 503 Å². The van der Waals surface area contributed by atoms with Crippen LogP contribution in [0.5, 0.6) is 0 Å². The van der Waals surface area contributed by atoms with E-state index in [0.29, 0.717) is 19.3 Å². The Kier molecular flexibility index (Phi) is 66.6. The van der Waals surface area contributed by atoms with Crippen molar-refractivity contribution in [2.45, 2.75) is 374 Å². The summed E-state index contributed by atoms with van der Waals surface area (Å²) in [5, 5.41) is 0. The average Bonchev–Trinajstić information content (AvgIpc) is 3.47. The van der Waals surface area contributed by atoms with E-state index in [1.807, 2.05) is 0 Å². The maximum absolute atomic E-state index is 12.9. The molecule has 1 unspecified atom stereocenters. The molecular weight excluding hydrogens is 997 g/mol. The van der Waals surface area contributed by atoms with E-state index in [4.69, 9.17) is 14.2 Å². The number of rotatable bonds is 65. The first-order valence-corrected chi connectivity index (χ1v) is 35.4. The lowest BCUT2D eigenvalue weighted by molar-refractivity contribution is -0.167. The second-order valence-corrected chi connectivity index (χ2v) is 23.8. The Morgan fingerprint density at radius 2 is 0.481 bits per heavy atom. The van der Waals surface area contributed by atoms with Crippen molar-refractivity contribution in [3.63, 3.8) is 0 Å². The predicted octanol–water partition coefficient (Wildman–Crippen LogP) is 24.4. The second kappa shape index (κ2) is 69.3. The second-order valence-electron chi connectivity index (χ2n) is 23.8. The van der Waals surface area contributed by atoms with Crippen molar-refractivity contribution in [2.75, 3.05) is 13.2 Å². The number of allylic oxidation sites excluding steroid dienone is 12.